The van der Waals surface area contributed by atoms with Crippen molar-refractivity contribution >= 4 is 27.7 Å². The first-order chi connectivity index (χ1) is 8.90. The maximum absolute atomic E-state index is 12.1. The normalized spacial score (nSPS) is 10.4. The van der Waals surface area contributed by atoms with Crippen LogP contribution in [0.2, 0.25) is 0 Å². The molecule has 1 rings (SSSR count). The Morgan fingerprint density at radius 1 is 1.47 bits per heavy atom. The van der Waals surface area contributed by atoms with E-state index in [0.29, 0.717) is 22.6 Å². The van der Waals surface area contributed by atoms with Crippen LogP contribution in [0, 0.1) is 5.92 Å². The number of amides is 2. The largest absolute Gasteiger partial charge is 0.354 e. The Hall–Kier alpha value is -1.43. The molecular formula is C13H18BrN3O2. The zero-order chi connectivity index (χ0) is 14.4. The van der Waals surface area contributed by atoms with E-state index in [-0.39, 0.29) is 18.4 Å². The lowest BCUT2D eigenvalue weighted by Gasteiger charge is -2.17. The second-order valence-electron chi connectivity index (χ2n) is 4.73. The number of carbonyl (C=O) groups excluding carboxylic acids is 2. The molecule has 1 heterocycles. The lowest BCUT2D eigenvalue weighted by molar-refractivity contribution is -0.121. The molecule has 19 heavy (non-hydrogen) atoms. The highest BCUT2D eigenvalue weighted by Crippen LogP contribution is 2.09. The maximum Gasteiger partial charge on any atom is 0.254 e. The second kappa shape index (κ2) is 7.23. The molecule has 5 nitrogen and oxygen atoms in total. The van der Waals surface area contributed by atoms with Gasteiger partial charge in [0.15, 0.2) is 0 Å². The Bertz CT molecular complexity index is 463. The van der Waals surface area contributed by atoms with Gasteiger partial charge in [0.2, 0.25) is 5.91 Å². The van der Waals surface area contributed by atoms with Gasteiger partial charge in [-0.15, -0.1) is 0 Å². The van der Waals surface area contributed by atoms with Crippen LogP contribution >= 0.6 is 15.9 Å². The monoisotopic (exact) mass is 327 g/mol. The van der Waals surface area contributed by atoms with Crippen molar-refractivity contribution in [1.82, 2.24) is 15.2 Å². The highest BCUT2D eigenvalue weighted by atomic mass is 79.9. The van der Waals surface area contributed by atoms with Crippen molar-refractivity contribution in [2.45, 2.75) is 13.8 Å². The fraction of sp³-hybridized carbons (Fsp3) is 0.462. The van der Waals surface area contributed by atoms with Crippen LogP contribution in [0.4, 0.5) is 0 Å². The summed E-state index contributed by atoms with van der Waals surface area (Å²) in [5.41, 5.74) is 0.501. The van der Waals surface area contributed by atoms with Crippen molar-refractivity contribution in [3.63, 3.8) is 0 Å². The van der Waals surface area contributed by atoms with Crippen molar-refractivity contribution in [3.8, 4) is 0 Å². The van der Waals surface area contributed by atoms with Crippen molar-refractivity contribution < 1.29 is 9.59 Å². The number of hydrogen-bond donors (Lipinski definition) is 1. The average Bonchev–Trinajstić information content (AvgIpc) is 2.35. The van der Waals surface area contributed by atoms with E-state index < -0.39 is 0 Å². The van der Waals surface area contributed by atoms with Gasteiger partial charge in [0, 0.05) is 25.4 Å². The predicted octanol–water partition coefficient (Wildman–Crippen LogP) is 1.69. The summed E-state index contributed by atoms with van der Waals surface area (Å²) in [7, 11) is 1.60. The smallest absolute Gasteiger partial charge is 0.254 e. The number of nitrogens with zero attached hydrogens (tertiary/aromatic N) is 2. The molecule has 0 spiro atoms. The summed E-state index contributed by atoms with van der Waals surface area (Å²) in [6, 6.07) is 3.25. The van der Waals surface area contributed by atoms with E-state index in [0.717, 1.165) is 0 Å². The number of rotatable bonds is 5. The van der Waals surface area contributed by atoms with Crippen molar-refractivity contribution in [3.05, 3.63) is 28.5 Å². The van der Waals surface area contributed by atoms with Crippen LogP contribution in [0.5, 0.6) is 0 Å². The molecular weight excluding hydrogens is 310 g/mol. The summed E-state index contributed by atoms with van der Waals surface area (Å²) in [6.07, 6.45) is 1.55. The van der Waals surface area contributed by atoms with E-state index in [1.54, 1.807) is 25.4 Å². The van der Waals surface area contributed by atoms with Gasteiger partial charge >= 0.3 is 0 Å². The molecule has 1 aromatic rings. The van der Waals surface area contributed by atoms with Crippen molar-refractivity contribution in [2.75, 3.05) is 20.1 Å². The molecule has 0 aromatic carbocycles. The number of pyridine rings is 1. The van der Waals surface area contributed by atoms with Crippen LogP contribution in [-0.4, -0.2) is 41.8 Å². The molecule has 0 aliphatic carbocycles. The molecule has 0 bridgehead atoms. The van der Waals surface area contributed by atoms with Crippen molar-refractivity contribution in [1.29, 1.82) is 0 Å². The Balaban J connectivity index is 2.55. The molecule has 1 aromatic heterocycles. The number of likely N-dealkylation sites (N-methyl/N-ethyl adjacent to an activating group) is 1. The minimum Gasteiger partial charge on any atom is -0.354 e. The molecule has 0 saturated carbocycles. The van der Waals surface area contributed by atoms with Crippen molar-refractivity contribution in [2.24, 2.45) is 5.92 Å². The molecule has 1 N–H and O–H groups in total. The van der Waals surface area contributed by atoms with Crippen LogP contribution < -0.4 is 5.32 Å². The summed E-state index contributed by atoms with van der Waals surface area (Å²) in [5, 5.41) is 2.78. The van der Waals surface area contributed by atoms with Crippen LogP contribution in [0.25, 0.3) is 0 Å². The van der Waals surface area contributed by atoms with Crippen LogP contribution in [0.3, 0.4) is 0 Å². The number of carbonyl (C=O) groups is 2. The summed E-state index contributed by atoms with van der Waals surface area (Å²) < 4.78 is 0.594. The highest BCUT2D eigenvalue weighted by molar-refractivity contribution is 9.10. The van der Waals surface area contributed by atoms with Crippen LogP contribution in [0.15, 0.2) is 22.9 Å². The lowest BCUT2D eigenvalue weighted by Crippen LogP contribution is -2.39. The molecule has 0 aliphatic heterocycles. The fourth-order valence-corrected chi connectivity index (χ4v) is 1.78. The minimum absolute atomic E-state index is 0.0471. The third kappa shape index (κ3) is 5.38. The van der Waals surface area contributed by atoms with Gasteiger partial charge in [-0.05, 0) is 34.0 Å². The molecule has 104 valence electrons. The average molecular weight is 328 g/mol. The van der Waals surface area contributed by atoms with Gasteiger partial charge in [-0.1, -0.05) is 13.8 Å². The molecule has 0 unspecified atom stereocenters. The molecule has 0 radical (unpaired) electrons. The number of halogens is 1. The van der Waals surface area contributed by atoms with Gasteiger partial charge in [0.1, 0.15) is 4.60 Å². The SMILES string of the molecule is CC(C)CNC(=O)CN(C)C(=O)c1ccnc(Br)c1. The fourth-order valence-electron chi connectivity index (χ4n) is 1.42. The first-order valence-corrected chi connectivity index (χ1v) is 6.83. The number of aromatic nitrogens is 1. The molecule has 0 saturated heterocycles. The molecule has 0 aliphatic rings. The molecule has 0 atom stereocenters. The minimum atomic E-state index is -0.206. The predicted molar refractivity (Wildman–Crippen MR) is 76.7 cm³/mol. The van der Waals surface area contributed by atoms with E-state index >= 15 is 0 Å². The van der Waals surface area contributed by atoms with E-state index in [1.165, 1.54) is 4.90 Å². The lowest BCUT2D eigenvalue weighted by atomic mass is 10.2. The summed E-state index contributed by atoms with van der Waals surface area (Å²) in [5.74, 6) is 0.0292. The highest BCUT2D eigenvalue weighted by Gasteiger charge is 2.15. The molecule has 6 heteroatoms. The Morgan fingerprint density at radius 3 is 2.74 bits per heavy atom. The summed E-state index contributed by atoms with van der Waals surface area (Å²) in [6.45, 7) is 4.69. The van der Waals surface area contributed by atoms with E-state index in [2.05, 4.69) is 26.2 Å². The third-order valence-corrected chi connectivity index (χ3v) is 2.84. The van der Waals surface area contributed by atoms with Gasteiger partial charge < -0.3 is 10.2 Å². The summed E-state index contributed by atoms with van der Waals surface area (Å²) in [4.78, 5) is 29.0. The van der Waals surface area contributed by atoms with Gasteiger partial charge in [0.25, 0.3) is 5.91 Å². The quantitative estimate of drug-likeness (QED) is 0.837. The zero-order valence-electron chi connectivity index (χ0n) is 11.3. The zero-order valence-corrected chi connectivity index (χ0v) is 12.9. The van der Waals surface area contributed by atoms with Crippen LogP contribution in [0.1, 0.15) is 24.2 Å². The maximum atomic E-state index is 12.1. The number of hydrogen-bond acceptors (Lipinski definition) is 3. The van der Waals surface area contributed by atoms with E-state index in [1.807, 2.05) is 13.8 Å². The first kappa shape index (κ1) is 15.6. The number of nitrogens with one attached hydrogen (secondary N) is 1. The topological polar surface area (TPSA) is 62.3 Å². The molecule has 0 fully saturated rings. The van der Waals surface area contributed by atoms with Crippen LogP contribution in [-0.2, 0) is 4.79 Å². The Labute approximate surface area is 121 Å². The third-order valence-electron chi connectivity index (χ3n) is 2.41. The standard InChI is InChI=1S/C13H18BrN3O2/c1-9(2)7-16-12(18)8-17(3)13(19)10-4-5-15-11(14)6-10/h4-6,9H,7-8H2,1-3H3,(H,16,18). The summed E-state index contributed by atoms with van der Waals surface area (Å²) >= 11 is 3.21. The van der Waals surface area contributed by atoms with Gasteiger partial charge in [-0.25, -0.2) is 4.98 Å². The van der Waals surface area contributed by atoms with Gasteiger partial charge in [0.05, 0.1) is 6.54 Å². The van der Waals surface area contributed by atoms with Gasteiger partial charge in [-0.2, -0.15) is 0 Å². The Morgan fingerprint density at radius 2 is 2.16 bits per heavy atom. The first-order valence-electron chi connectivity index (χ1n) is 6.04. The Kier molecular flexibility index (Phi) is 5.95. The van der Waals surface area contributed by atoms with E-state index in [9.17, 15) is 9.59 Å². The second-order valence-corrected chi connectivity index (χ2v) is 5.54. The van der Waals surface area contributed by atoms with E-state index in [4.69, 9.17) is 0 Å². The van der Waals surface area contributed by atoms with Gasteiger partial charge in [-0.3, -0.25) is 9.59 Å². The molecule has 2 amide bonds.